The molecule has 0 spiro atoms. The molecule has 1 aliphatic rings. The molecule has 3 rings (SSSR count). The molecule has 1 N–H and O–H groups in total. The average molecular weight is 445 g/mol. The molecule has 1 aliphatic heterocycles. The number of rotatable bonds is 11. The molecule has 0 aliphatic carbocycles. The lowest BCUT2D eigenvalue weighted by Crippen LogP contribution is -2.59. The van der Waals surface area contributed by atoms with Crippen LogP contribution in [0.1, 0.15) is 18.4 Å². The molecule has 0 amide bonds. The smallest absolute Gasteiger partial charge is 0.328 e. The lowest BCUT2D eigenvalue weighted by Gasteiger charge is -2.45. The van der Waals surface area contributed by atoms with Crippen LogP contribution in [0, 0.1) is 10.1 Å². The second-order valence-electron chi connectivity index (χ2n) is 7.68. The van der Waals surface area contributed by atoms with E-state index >= 15 is 0 Å². The molecule has 1 heterocycles. The van der Waals surface area contributed by atoms with E-state index < -0.39 is 16.6 Å². The molecule has 0 saturated carbocycles. The minimum absolute atomic E-state index is 0.0314. The van der Waals surface area contributed by atoms with E-state index in [0.29, 0.717) is 44.0 Å². The first-order valence-electron chi connectivity index (χ1n) is 10.4. The zero-order chi connectivity index (χ0) is 23.1. The zero-order valence-corrected chi connectivity index (χ0v) is 17.9. The molecule has 1 saturated heterocycles. The van der Waals surface area contributed by atoms with Gasteiger partial charge in [-0.15, -0.1) is 10.1 Å². The highest BCUT2D eigenvalue weighted by molar-refractivity contribution is 5.88. The Bertz CT molecular complexity index is 975. The van der Waals surface area contributed by atoms with Gasteiger partial charge in [0.15, 0.2) is 0 Å². The lowest BCUT2D eigenvalue weighted by atomic mass is 9.82. The maximum absolute atomic E-state index is 12.7. The maximum atomic E-state index is 12.7. The fourth-order valence-corrected chi connectivity index (χ4v) is 4.32. The third-order valence-electron chi connectivity index (χ3n) is 6.02. The first-order chi connectivity index (χ1) is 15.4. The van der Waals surface area contributed by atoms with Crippen molar-refractivity contribution in [1.82, 2.24) is 9.80 Å². The number of carbonyl (C=O) groups excluding carboxylic acids is 1. The second-order valence-corrected chi connectivity index (χ2v) is 7.68. The van der Waals surface area contributed by atoms with Crippen molar-refractivity contribution in [3.05, 3.63) is 52.1 Å². The van der Waals surface area contributed by atoms with Crippen LogP contribution in [0.3, 0.4) is 0 Å². The summed E-state index contributed by atoms with van der Waals surface area (Å²) in [7, 11) is 1.59. The van der Waals surface area contributed by atoms with Crippen molar-refractivity contribution in [2.24, 2.45) is 0 Å². The Balaban J connectivity index is 1.88. The molecule has 1 atom stereocenters. The van der Waals surface area contributed by atoms with Gasteiger partial charge >= 0.3 is 5.97 Å². The van der Waals surface area contributed by atoms with Crippen molar-refractivity contribution in [1.29, 1.82) is 0 Å². The van der Waals surface area contributed by atoms with Gasteiger partial charge in [0.2, 0.25) is 0 Å². The Labute approximate surface area is 185 Å². The summed E-state index contributed by atoms with van der Waals surface area (Å²) in [5, 5.41) is 21.7. The standard InChI is InChI=1S/C22H27N3O7/c1-31-20-6-4-17-15-19(5-3-18(17)16-20)22(21(27)28,7-2-13-26)24-10-8-23(9-11-24)12-14-32-25(29)30/h3-6,13,15-16H,2,7-12,14H2,1H3,(H,27,28)/t22-/m0/s1. The summed E-state index contributed by atoms with van der Waals surface area (Å²) in [5.74, 6) is -0.287. The normalized spacial score (nSPS) is 16.9. The number of fused-ring (bicyclic) bond motifs is 1. The van der Waals surface area contributed by atoms with E-state index in [1.807, 2.05) is 40.1 Å². The van der Waals surface area contributed by atoms with Crippen LogP contribution in [-0.4, -0.2) is 78.7 Å². The Morgan fingerprint density at radius 3 is 2.50 bits per heavy atom. The van der Waals surface area contributed by atoms with Gasteiger partial charge in [-0.3, -0.25) is 9.80 Å². The molecule has 10 heteroatoms. The summed E-state index contributed by atoms with van der Waals surface area (Å²) in [4.78, 5) is 42.5. The maximum Gasteiger partial charge on any atom is 0.328 e. The quantitative estimate of drug-likeness (QED) is 0.314. The number of carboxylic acid groups (broad SMARTS) is 1. The monoisotopic (exact) mass is 445 g/mol. The van der Waals surface area contributed by atoms with Gasteiger partial charge < -0.3 is 19.5 Å². The molecule has 0 bridgehead atoms. The molecule has 0 unspecified atom stereocenters. The molecular formula is C22H27N3O7. The summed E-state index contributed by atoms with van der Waals surface area (Å²) < 4.78 is 5.27. The highest BCUT2D eigenvalue weighted by Gasteiger charge is 2.46. The zero-order valence-electron chi connectivity index (χ0n) is 17.9. The molecule has 1 fully saturated rings. The van der Waals surface area contributed by atoms with E-state index in [-0.39, 0.29) is 19.4 Å². The fraction of sp³-hybridized carbons (Fsp3) is 0.455. The lowest BCUT2D eigenvalue weighted by molar-refractivity contribution is -0.757. The van der Waals surface area contributed by atoms with Crippen LogP contribution < -0.4 is 4.74 Å². The summed E-state index contributed by atoms with van der Waals surface area (Å²) in [5.41, 5.74) is -0.729. The Kier molecular flexibility index (Phi) is 7.60. The Hall–Kier alpha value is -3.24. The number of nitrogens with zero attached hydrogens (tertiary/aromatic N) is 3. The van der Waals surface area contributed by atoms with Crippen LogP contribution in [0.5, 0.6) is 5.75 Å². The van der Waals surface area contributed by atoms with Gasteiger partial charge in [-0.2, -0.15) is 0 Å². The van der Waals surface area contributed by atoms with Gasteiger partial charge in [0.25, 0.3) is 5.09 Å². The summed E-state index contributed by atoms with van der Waals surface area (Å²) in [6.07, 6.45) is 1.01. The Morgan fingerprint density at radius 1 is 1.19 bits per heavy atom. The number of carboxylic acids is 1. The number of piperazine rings is 1. The van der Waals surface area contributed by atoms with Gasteiger partial charge in [0, 0.05) is 39.1 Å². The third kappa shape index (κ3) is 4.97. The minimum atomic E-state index is -1.35. The Morgan fingerprint density at radius 2 is 1.88 bits per heavy atom. The number of ether oxygens (including phenoxy) is 1. The first kappa shape index (κ1) is 23.4. The summed E-state index contributed by atoms with van der Waals surface area (Å²) >= 11 is 0. The van der Waals surface area contributed by atoms with Gasteiger partial charge in [-0.05, 0) is 41.0 Å². The predicted molar refractivity (Wildman–Crippen MR) is 116 cm³/mol. The van der Waals surface area contributed by atoms with Crippen molar-refractivity contribution in [2.75, 3.05) is 46.4 Å². The van der Waals surface area contributed by atoms with Crippen molar-refractivity contribution >= 4 is 23.0 Å². The van der Waals surface area contributed by atoms with Crippen molar-refractivity contribution < 1.29 is 29.4 Å². The number of aliphatic carboxylic acids is 1. The largest absolute Gasteiger partial charge is 0.497 e. The van der Waals surface area contributed by atoms with Crippen LogP contribution in [0.2, 0.25) is 0 Å². The minimum Gasteiger partial charge on any atom is -0.497 e. The highest BCUT2D eigenvalue weighted by Crippen LogP contribution is 2.37. The summed E-state index contributed by atoms with van der Waals surface area (Å²) in [6.45, 7) is 2.34. The van der Waals surface area contributed by atoms with Gasteiger partial charge in [0.05, 0.1) is 7.11 Å². The van der Waals surface area contributed by atoms with Crippen LogP contribution in [0.4, 0.5) is 0 Å². The number of hydrogen-bond donors (Lipinski definition) is 1. The SMILES string of the molecule is COc1ccc2cc([C@@](CCC=O)(C(=O)O)N3CCN(CCO[N+](=O)[O-])CC3)ccc2c1. The molecule has 32 heavy (non-hydrogen) atoms. The number of hydrogen-bond acceptors (Lipinski definition) is 8. The third-order valence-corrected chi connectivity index (χ3v) is 6.02. The van der Waals surface area contributed by atoms with E-state index in [4.69, 9.17) is 4.74 Å². The summed E-state index contributed by atoms with van der Waals surface area (Å²) in [6, 6.07) is 11.1. The van der Waals surface area contributed by atoms with E-state index in [1.54, 1.807) is 13.2 Å². The van der Waals surface area contributed by atoms with E-state index in [0.717, 1.165) is 17.1 Å². The first-order valence-corrected chi connectivity index (χ1v) is 10.4. The number of methoxy groups -OCH3 is 1. The molecule has 10 nitrogen and oxygen atoms in total. The van der Waals surface area contributed by atoms with Crippen molar-refractivity contribution in [3.8, 4) is 5.75 Å². The molecule has 2 aromatic rings. The van der Waals surface area contributed by atoms with Crippen LogP contribution >= 0.6 is 0 Å². The van der Waals surface area contributed by atoms with E-state index in [2.05, 4.69) is 4.84 Å². The average Bonchev–Trinajstić information content (AvgIpc) is 2.79. The molecule has 0 radical (unpaired) electrons. The molecule has 172 valence electrons. The number of carbonyl (C=O) groups is 2. The topological polar surface area (TPSA) is 122 Å². The fourth-order valence-electron chi connectivity index (χ4n) is 4.32. The highest BCUT2D eigenvalue weighted by atomic mass is 16.9. The van der Waals surface area contributed by atoms with Crippen molar-refractivity contribution in [3.63, 3.8) is 0 Å². The second kappa shape index (κ2) is 10.4. The van der Waals surface area contributed by atoms with Gasteiger partial charge in [0.1, 0.15) is 24.2 Å². The van der Waals surface area contributed by atoms with E-state index in [9.17, 15) is 24.8 Å². The van der Waals surface area contributed by atoms with Gasteiger partial charge in [-0.1, -0.05) is 18.2 Å². The van der Waals surface area contributed by atoms with E-state index in [1.165, 1.54) is 0 Å². The predicted octanol–water partition coefficient (Wildman–Crippen LogP) is 1.93. The molecule has 2 aromatic carbocycles. The van der Waals surface area contributed by atoms with Crippen LogP contribution in [0.15, 0.2) is 36.4 Å². The molecule has 0 aromatic heterocycles. The van der Waals surface area contributed by atoms with Gasteiger partial charge in [-0.25, -0.2) is 4.79 Å². The number of benzene rings is 2. The van der Waals surface area contributed by atoms with Crippen LogP contribution in [-0.2, 0) is 20.0 Å². The number of aldehydes is 1. The van der Waals surface area contributed by atoms with Crippen molar-refractivity contribution in [2.45, 2.75) is 18.4 Å². The molecular weight excluding hydrogens is 418 g/mol. The van der Waals surface area contributed by atoms with Crippen LogP contribution in [0.25, 0.3) is 10.8 Å².